The topological polar surface area (TPSA) is 23.1 Å². The first-order valence-corrected chi connectivity index (χ1v) is 7.22. The van der Waals surface area contributed by atoms with Gasteiger partial charge in [0, 0.05) is 6.42 Å². The third-order valence-electron chi connectivity index (χ3n) is 4.81. The number of likely N-dealkylation sites (tertiary alicyclic amines) is 1. The van der Waals surface area contributed by atoms with Gasteiger partial charge < -0.3 is 9.85 Å². The predicted molar refractivity (Wildman–Crippen MR) is 82.2 cm³/mol. The molecule has 20 heavy (non-hydrogen) atoms. The quantitative estimate of drug-likeness (QED) is 0.601. The van der Waals surface area contributed by atoms with Crippen LogP contribution in [0.2, 0.25) is 0 Å². The summed E-state index contributed by atoms with van der Waals surface area (Å²) in [5.74, 6) is 0. The Morgan fingerprint density at radius 1 is 0.950 bits per heavy atom. The van der Waals surface area contributed by atoms with E-state index in [2.05, 4.69) is 55.5 Å². The molecule has 1 saturated heterocycles. The van der Waals surface area contributed by atoms with Gasteiger partial charge in [-0.3, -0.25) is 0 Å². The van der Waals surface area contributed by atoms with Gasteiger partial charge in [-0.1, -0.05) is 60.7 Å². The number of likely N-dealkylation sites (N-methyl/N-ethyl adjacent to an activating group) is 1. The lowest BCUT2D eigenvalue weighted by molar-refractivity contribution is -0.872. The predicted octanol–water partition coefficient (Wildman–Crippen LogP) is 3.71. The van der Waals surface area contributed by atoms with E-state index in [9.17, 15) is 5.21 Å². The average Bonchev–Trinajstić information content (AvgIpc) is 2.72. The standard InChI is InChI=1S/C18H21NO/c1-15-13-18(14-19(15,2)20,16-9-5-3-6-10-16)17-11-7-4-8-12-17/h3-12,15H,13-14H2,1-2H3/t15-,19+/m1/s1. The Morgan fingerprint density at radius 3 is 1.75 bits per heavy atom. The van der Waals surface area contributed by atoms with Gasteiger partial charge in [0.1, 0.15) is 0 Å². The zero-order chi connectivity index (χ0) is 14.2. The van der Waals surface area contributed by atoms with Gasteiger partial charge in [-0.2, -0.15) is 0 Å². The highest BCUT2D eigenvalue weighted by Gasteiger charge is 2.49. The molecule has 2 aromatic carbocycles. The van der Waals surface area contributed by atoms with Gasteiger partial charge in [-0.15, -0.1) is 0 Å². The van der Waals surface area contributed by atoms with Crippen LogP contribution in [0.15, 0.2) is 60.7 Å². The fraction of sp³-hybridized carbons (Fsp3) is 0.333. The maximum absolute atomic E-state index is 12.7. The summed E-state index contributed by atoms with van der Waals surface area (Å²) in [6.45, 7) is 2.68. The second-order valence-electron chi connectivity index (χ2n) is 6.20. The van der Waals surface area contributed by atoms with Crippen molar-refractivity contribution in [1.82, 2.24) is 0 Å². The molecule has 0 spiro atoms. The van der Waals surface area contributed by atoms with Crippen LogP contribution in [0.5, 0.6) is 0 Å². The third-order valence-corrected chi connectivity index (χ3v) is 4.81. The molecule has 0 bridgehead atoms. The lowest BCUT2D eigenvalue weighted by atomic mass is 9.73. The molecule has 2 nitrogen and oxygen atoms in total. The third kappa shape index (κ3) is 2.05. The molecule has 0 saturated carbocycles. The van der Waals surface area contributed by atoms with Crippen LogP contribution in [-0.2, 0) is 5.41 Å². The van der Waals surface area contributed by atoms with E-state index < -0.39 is 0 Å². The molecular formula is C18H21NO. The van der Waals surface area contributed by atoms with Crippen molar-refractivity contribution < 1.29 is 4.65 Å². The molecule has 104 valence electrons. The highest BCUT2D eigenvalue weighted by Crippen LogP contribution is 2.45. The number of hydrogen-bond acceptors (Lipinski definition) is 1. The molecule has 1 aliphatic rings. The minimum atomic E-state index is -0.163. The van der Waals surface area contributed by atoms with E-state index in [1.807, 2.05) is 12.1 Å². The maximum atomic E-state index is 12.7. The molecule has 1 aliphatic heterocycles. The summed E-state index contributed by atoms with van der Waals surface area (Å²) in [7, 11) is 1.80. The Kier molecular flexibility index (Phi) is 3.15. The van der Waals surface area contributed by atoms with Crippen LogP contribution < -0.4 is 0 Å². The summed E-state index contributed by atoms with van der Waals surface area (Å²) in [5, 5.41) is 12.7. The monoisotopic (exact) mass is 267 g/mol. The molecule has 0 N–H and O–H groups in total. The van der Waals surface area contributed by atoms with Crippen molar-refractivity contribution in [3.05, 3.63) is 77.0 Å². The van der Waals surface area contributed by atoms with E-state index in [1.165, 1.54) is 11.1 Å². The molecular weight excluding hydrogens is 246 g/mol. The summed E-state index contributed by atoms with van der Waals surface area (Å²) in [6.07, 6.45) is 0.904. The van der Waals surface area contributed by atoms with E-state index in [-0.39, 0.29) is 16.1 Å². The van der Waals surface area contributed by atoms with Crippen LogP contribution >= 0.6 is 0 Å². The minimum absolute atomic E-state index is 0.121. The Hall–Kier alpha value is -1.64. The number of nitrogens with zero attached hydrogens (tertiary/aromatic N) is 1. The molecule has 2 atom stereocenters. The summed E-state index contributed by atoms with van der Waals surface area (Å²) in [4.78, 5) is 0. The van der Waals surface area contributed by atoms with Gasteiger partial charge in [0.25, 0.3) is 0 Å². The number of hydrogen-bond donors (Lipinski definition) is 0. The molecule has 2 aromatic rings. The first kappa shape index (κ1) is 13.3. The van der Waals surface area contributed by atoms with Gasteiger partial charge in [0.15, 0.2) is 0 Å². The van der Waals surface area contributed by atoms with Crippen LogP contribution in [0.1, 0.15) is 24.5 Å². The maximum Gasteiger partial charge on any atom is 0.0925 e. The lowest BCUT2D eigenvalue weighted by Gasteiger charge is -2.40. The summed E-state index contributed by atoms with van der Waals surface area (Å²) in [6, 6.07) is 21.1. The van der Waals surface area contributed by atoms with E-state index >= 15 is 0 Å². The number of quaternary nitrogens is 1. The van der Waals surface area contributed by atoms with Gasteiger partial charge in [0.2, 0.25) is 0 Å². The minimum Gasteiger partial charge on any atom is -0.633 e. The summed E-state index contributed by atoms with van der Waals surface area (Å²) >= 11 is 0. The van der Waals surface area contributed by atoms with Crippen molar-refractivity contribution >= 4 is 0 Å². The van der Waals surface area contributed by atoms with Crippen molar-refractivity contribution in [2.45, 2.75) is 24.8 Å². The molecule has 0 unspecified atom stereocenters. The fourth-order valence-corrected chi connectivity index (χ4v) is 3.55. The van der Waals surface area contributed by atoms with Gasteiger partial charge in [-0.05, 0) is 18.1 Å². The van der Waals surface area contributed by atoms with Crippen molar-refractivity contribution in [3.8, 4) is 0 Å². The van der Waals surface area contributed by atoms with Crippen LogP contribution in [0.25, 0.3) is 0 Å². The van der Waals surface area contributed by atoms with Crippen LogP contribution in [0, 0.1) is 5.21 Å². The molecule has 1 heterocycles. The highest BCUT2D eigenvalue weighted by atomic mass is 16.5. The fourth-order valence-electron chi connectivity index (χ4n) is 3.55. The van der Waals surface area contributed by atoms with Gasteiger partial charge in [0.05, 0.1) is 25.0 Å². The Morgan fingerprint density at radius 2 is 1.40 bits per heavy atom. The zero-order valence-corrected chi connectivity index (χ0v) is 12.1. The average molecular weight is 267 g/mol. The molecule has 0 aliphatic carbocycles. The highest BCUT2D eigenvalue weighted by molar-refractivity contribution is 5.40. The Bertz CT molecular complexity index is 537. The molecule has 1 fully saturated rings. The van der Waals surface area contributed by atoms with Crippen LogP contribution in [0.4, 0.5) is 0 Å². The Balaban J connectivity index is 2.16. The van der Waals surface area contributed by atoms with Crippen LogP contribution in [-0.4, -0.2) is 24.3 Å². The molecule has 0 amide bonds. The molecule has 3 rings (SSSR count). The first-order valence-electron chi connectivity index (χ1n) is 7.22. The SMILES string of the molecule is C[C@@H]1CC(c2ccccc2)(c2ccccc2)C[N@+]1(C)[O-]. The molecule has 0 radical (unpaired) electrons. The van der Waals surface area contributed by atoms with Gasteiger partial charge >= 0.3 is 0 Å². The zero-order valence-electron chi connectivity index (χ0n) is 12.1. The van der Waals surface area contributed by atoms with E-state index in [4.69, 9.17) is 0 Å². The normalized spacial score (nSPS) is 28.4. The van der Waals surface area contributed by atoms with E-state index in [0.29, 0.717) is 6.54 Å². The van der Waals surface area contributed by atoms with Crippen molar-refractivity contribution in [2.24, 2.45) is 0 Å². The van der Waals surface area contributed by atoms with E-state index in [0.717, 1.165) is 6.42 Å². The summed E-state index contributed by atoms with van der Waals surface area (Å²) < 4.78 is -0.163. The lowest BCUT2D eigenvalue weighted by Crippen LogP contribution is -2.42. The number of rotatable bonds is 2. The van der Waals surface area contributed by atoms with Crippen molar-refractivity contribution in [1.29, 1.82) is 0 Å². The molecule has 2 heteroatoms. The summed E-state index contributed by atoms with van der Waals surface area (Å²) in [5.41, 5.74) is 2.37. The first-order chi connectivity index (χ1) is 9.55. The number of benzene rings is 2. The smallest absolute Gasteiger partial charge is 0.0925 e. The second-order valence-corrected chi connectivity index (χ2v) is 6.20. The van der Waals surface area contributed by atoms with Gasteiger partial charge in [-0.25, -0.2) is 0 Å². The van der Waals surface area contributed by atoms with E-state index in [1.54, 1.807) is 7.05 Å². The van der Waals surface area contributed by atoms with Crippen molar-refractivity contribution in [2.75, 3.05) is 13.6 Å². The Labute approximate surface area is 120 Å². The second kappa shape index (κ2) is 4.72. The van der Waals surface area contributed by atoms with Crippen molar-refractivity contribution in [3.63, 3.8) is 0 Å². The largest absolute Gasteiger partial charge is 0.633 e. The molecule has 0 aromatic heterocycles. The van der Waals surface area contributed by atoms with Crippen LogP contribution in [0.3, 0.4) is 0 Å². The number of hydroxylamine groups is 3.